The largest absolute Gasteiger partial charge is 0.481 e. The summed E-state index contributed by atoms with van der Waals surface area (Å²) in [4.78, 5) is 10.9. The average Bonchev–Trinajstić information content (AvgIpc) is 2.69. The summed E-state index contributed by atoms with van der Waals surface area (Å²) in [7, 11) is -1.16. The summed E-state index contributed by atoms with van der Waals surface area (Å²) < 4.78 is 2.68. The first kappa shape index (κ1) is 11.1. The van der Waals surface area contributed by atoms with Crippen molar-refractivity contribution in [2.75, 3.05) is 6.54 Å². The van der Waals surface area contributed by atoms with Gasteiger partial charge in [-0.1, -0.05) is 13.1 Å². The van der Waals surface area contributed by atoms with E-state index in [2.05, 4.69) is 17.7 Å². The molecule has 0 amide bonds. The Bertz CT molecular complexity index is 267. The van der Waals surface area contributed by atoms with Crippen LogP contribution in [0, 0.1) is 5.92 Å². The van der Waals surface area contributed by atoms with Gasteiger partial charge in [-0.2, -0.15) is 0 Å². The van der Waals surface area contributed by atoms with E-state index in [0.717, 1.165) is 19.3 Å². The van der Waals surface area contributed by atoms with Gasteiger partial charge < -0.3 is 9.67 Å². The van der Waals surface area contributed by atoms with Crippen LogP contribution in [0.3, 0.4) is 0 Å². The molecule has 2 unspecified atom stereocenters. The minimum absolute atomic E-state index is 0.0691. The molecule has 0 aromatic heterocycles. The molecule has 0 aromatic carbocycles. The molecule has 2 aliphatic rings. The van der Waals surface area contributed by atoms with Crippen LogP contribution in [0.25, 0.3) is 0 Å². The number of carboxylic acids is 1. The van der Waals surface area contributed by atoms with E-state index in [1.54, 1.807) is 0 Å². The third kappa shape index (κ3) is 2.11. The summed E-state index contributed by atoms with van der Waals surface area (Å²) in [6.45, 7) is 6.07. The number of carboxylic acid groups (broad SMARTS) is 1. The van der Waals surface area contributed by atoms with Gasteiger partial charge in [-0.05, 0) is 38.3 Å². The van der Waals surface area contributed by atoms with Crippen LogP contribution >= 0.6 is 0 Å². The molecule has 1 heterocycles. The van der Waals surface area contributed by atoms with E-state index in [1.165, 1.54) is 19.0 Å². The number of rotatable bonds is 2. The molecule has 1 aliphatic carbocycles. The van der Waals surface area contributed by atoms with E-state index in [-0.39, 0.29) is 5.92 Å². The lowest BCUT2D eigenvalue weighted by Crippen LogP contribution is -2.48. The van der Waals surface area contributed by atoms with Crippen molar-refractivity contribution < 1.29 is 9.90 Å². The molecule has 4 heteroatoms. The maximum absolute atomic E-state index is 10.9. The Hall–Kier alpha value is -0.353. The van der Waals surface area contributed by atoms with Crippen LogP contribution in [-0.2, 0) is 4.79 Å². The van der Waals surface area contributed by atoms with Gasteiger partial charge in [0.2, 0.25) is 0 Å². The molecule has 3 nitrogen and oxygen atoms in total. The molecule has 1 N–H and O–H groups in total. The number of hydrogen-bond donors (Lipinski definition) is 1. The van der Waals surface area contributed by atoms with Crippen molar-refractivity contribution in [3.63, 3.8) is 0 Å². The maximum Gasteiger partial charge on any atom is 0.306 e. The molecule has 2 rings (SSSR count). The zero-order valence-corrected chi connectivity index (χ0v) is 10.7. The molecule has 1 saturated heterocycles. The molecule has 1 aliphatic heterocycles. The Morgan fingerprint density at radius 3 is 2.60 bits per heavy atom. The molecule has 1 saturated carbocycles. The van der Waals surface area contributed by atoms with E-state index >= 15 is 0 Å². The van der Waals surface area contributed by atoms with Crippen LogP contribution in [0.5, 0.6) is 0 Å². The molecule has 2 atom stereocenters. The first-order valence-electron chi connectivity index (χ1n) is 6.00. The Morgan fingerprint density at radius 2 is 2.13 bits per heavy atom. The second kappa shape index (κ2) is 3.90. The summed E-state index contributed by atoms with van der Waals surface area (Å²) in [6, 6.07) is 1.97. The molecular formula is C11H21NO2Si. The predicted molar refractivity (Wildman–Crippen MR) is 62.4 cm³/mol. The highest BCUT2D eigenvalue weighted by Gasteiger charge is 2.42. The van der Waals surface area contributed by atoms with Gasteiger partial charge in [0.1, 0.15) is 8.24 Å². The summed E-state index contributed by atoms with van der Waals surface area (Å²) in [5, 5.41) is 9.00. The Labute approximate surface area is 92.6 Å². The molecule has 0 bridgehead atoms. The smallest absolute Gasteiger partial charge is 0.306 e. The monoisotopic (exact) mass is 227 g/mol. The first-order chi connectivity index (χ1) is 7.00. The van der Waals surface area contributed by atoms with Crippen LogP contribution < -0.4 is 0 Å². The first-order valence-corrected chi connectivity index (χ1v) is 9.16. The standard InChI is InChI=1S/C11H21NO2Si/c1-15(2)7-3-6-12(15)10-5-4-9(8-10)11(13)14/h9-10H,3-8H2,1-2H3,(H,13,14). The zero-order valence-electron chi connectivity index (χ0n) is 9.70. The Kier molecular flexibility index (Phi) is 2.90. The highest BCUT2D eigenvalue weighted by molar-refractivity contribution is 6.75. The topological polar surface area (TPSA) is 40.5 Å². The predicted octanol–water partition coefficient (Wildman–Crippen LogP) is 2.15. The lowest BCUT2D eigenvalue weighted by molar-refractivity contribution is -0.141. The quantitative estimate of drug-likeness (QED) is 0.735. The highest BCUT2D eigenvalue weighted by Crippen LogP contribution is 2.36. The van der Waals surface area contributed by atoms with Crippen LogP contribution in [0.2, 0.25) is 19.1 Å². The minimum Gasteiger partial charge on any atom is -0.481 e. The fourth-order valence-electron chi connectivity index (χ4n) is 3.27. The Balaban J connectivity index is 1.99. The van der Waals surface area contributed by atoms with Gasteiger partial charge in [0.25, 0.3) is 0 Å². The Morgan fingerprint density at radius 1 is 1.40 bits per heavy atom. The number of hydrogen-bond acceptors (Lipinski definition) is 2. The van der Waals surface area contributed by atoms with Gasteiger partial charge in [-0.25, -0.2) is 0 Å². The second-order valence-corrected chi connectivity index (χ2v) is 10.3. The number of nitrogens with zero attached hydrogens (tertiary/aromatic N) is 1. The molecule has 15 heavy (non-hydrogen) atoms. The van der Waals surface area contributed by atoms with Crippen LogP contribution in [0.1, 0.15) is 25.7 Å². The van der Waals surface area contributed by atoms with Gasteiger partial charge >= 0.3 is 5.97 Å². The molecule has 0 aromatic rings. The van der Waals surface area contributed by atoms with Gasteiger partial charge in [0, 0.05) is 6.04 Å². The van der Waals surface area contributed by atoms with Crippen LogP contribution in [0.15, 0.2) is 0 Å². The van der Waals surface area contributed by atoms with E-state index in [4.69, 9.17) is 5.11 Å². The summed E-state index contributed by atoms with van der Waals surface area (Å²) in [5.41, 5.74) is 0. The van der Waals surface area contributed by atoms with Crippen molar-refractivity contribution in [2.45, 2.75) is 50.9 Å². The van der Waals surface area contributed by atoms with Gasteiger partial charge in [-0.15, -0.1) is 0 Å². The fourth-order valence-corrected chi connectivity index (χ4v) is 6.57. The maximum atomic E-state index is 10.9. The van der Waals surface area contributed by atoms with Crippen molar-refractivity contribution in [1.29, 1.82) is 0 Å². The average molecular weight is 227 g/mol. The van der Waals surface area contributed by atoms with Crippen LogP contribution in [0.4, 0.5) is 0 Å². The summed E-state index contributed by atoms with van der Waals surface area (Å²) in [5.74, 6) is -0.656. The SMILES string of the molecule is C[Si]1(C)CCCN1C1CCC(C(=O)O)C1. The summed E-state index contributed by atoms with van der Waals surface area (Å²) >= 11 is 0. The number of aliphatic carboxylic acids is 1. The molecule has 0 radical (unpaired) electrons. The van der Waals surface area contributed by atoms with Gasteiger partial charge in [0.05, 0.1) is 5.92 Å². The lowest BCUT2D eigenvalue weighted by atomic mass is 10.1. The molecule has 2 fully saturated rings. The third-order valence-corrected chi connectivity index (χ3v) is 7.88. The molecule has 0 spiro atoms. The van der Waals surface area contributed by atoms with Crippen molar-refractivity contribution in [3.8, 4) is 0 Å². The fraction of sp³-hybridized carbons (Fsp3) is 0.909. The van der Waals surface area contributed by atoms with E-state index in [9.17, 15) is 4.79 Å². The van der Waals surface area contributed by atoms with E-state index in [0.29, 0.717) is 6.04 Å². The van der Waals surface area contributed by atoms with E-state index < -0.39 is 14.2 Å². The normalized spacial score (nSPS) is 35.9. The highest BCUT2D eigenvalue weighted by atomic mass is 28.3. The third-order valence-electron chi connectivity index (χ3n) is 4.16. The van der Waals surface area contributed by atoms with E-state index in [1.807, 2.05) is 0 Å². The minimum atomic E-state index is -1.16. The second-order valence-electron chi connectivity index (χ2n) is 5.61. The van der Waals surface area contributed by atoms with Crippen molar-refractivity contribution in [1.82, 2.24) is 4.57 Å². The summed E-state index contributed by atoms with van der Waals surface area (Å²) in [6.07, 6.45) is 4.22. The molecule has 86 valence electrons. The van der Waals surface area contributed by atoms with Gasteiger partial charge in [0.15, 0.2) is 0 Å². The van der Waals surface area contributed by atoms with Crippen molar-refractivity contribution in [3.05, 3.63) is 0 Å². The lowest BCUT2D eigenvalue weighted by Gasteiger charge is -2.35. The zero-order chi connectivity index (χ0) is 11.1. The van der Waals surface area contributed by atoms with Crippen molar-refractivity contribution >= 4 is 14.2 Å². The van der Waals surface area contributed by atoms with Crippen molar-refractivity contribution in [2.24, 2.45) is 5.92 Å². The molecular weight excluding hydrogens is 206 g/mol. The van der Waals surface area contributed by atoms with Gasteiger partial charge in [-0.3, -0.25) is 4.79 Å². The number of carbonyl (C=O) groups is 1. The van der Waals surface area contributed by atoms with Crippen LogP contribution in [-0.4, -0.2) is 36.5 Å².